The van der Waals surface area contributed by atoms with Gasteiger partial charge in [0.05, 0.1) is 0 Å². The number of carbonyl (C=O) groups excluding carboxylic acids is 1. The number of carbonyl (C=O) groups is 1. The molecule has 1 saturated heterocycles. The molecule has 2 N–H and O–H groups in total. The van der Waals surface area contributed by atoms with Crippen molar-refractivity contribution in [3.8, 4) is 0 Å². The minimum absolute atomic E-state index is 0.0142. The van der Waals surface area contributed by atoms with Gasteiger partial charge >= 0.3 is 0 Å². The summed E-state index contributed by atoms with van der Waals surface area (Å²) in [6.07, 6.45) is 3.55. The number of rotatable bonds is 2. The van der Waals surface area contributed by atoms with Crippen LogP contribution in [0.15, 0.2) is 18.2 Å². The number of hydrogen-bond donors (Lipinski definition) is 2. The second kappa shape index (κ2) is 5.54. The van der Waals surface area contributed by atoms with Crippen LogP contribution in [0, 0.1) is 0 Å². The Hall–Kier alpha value is -1.39. The molecule has 2 unspecified atom stereocenters. The summed E-state index contributed by atoms with van der Waals surface area (Å²) in [5.41, 5.74) is 6.42. The first kappa shape index (κ1) is 13.6. The molecule has 0 bridgehead atoms. The van der Waals surface area contributed by atoms with E-state index in [1.807, 2.05) is 12.1 Å². The average molecular weight is 273 g/mol. The Morgan fingerprint density at radius 1 is 1.20 bits per heavy atom. The normalized spacial score (nSPS) is 26.3. The molecular weight excluding hydrogens is 250 g/mol. The zero-order valence-corrected chi connectivity index (χ0v) is 12.3. The van der Waals surface area contributed by atoms with Gasteiger partial charge in [-0.15, -0.1) is 0 Å². The smallest absolute Gasteiger partial charge is 0.265 e. The first-order chi connectivity index (χ1) is 9.65. The van der Waals surface area contributed by atoms with Gasteiger partial charge in [0.2, 0.25) is 0 Å². The number of nitrogens with one attached hydrogen (secondary N) is 2. The van der Waals surface area contributed by atoms with Crippen molar-refractivity contribution in [1.29, 1.82) is 0 Å². The quantitative estimate of drug-likeness (QED) is 0.868. The summed E-state index contributed by atoms with van der Waals surface area (Å²) in [6, 6.07) is 6.84. The molecule has 3 rings (SSSR count). The number of hydrogen-bond acceptors (Lipinski definition) is 3. The molecule has 20 heavy (non-hydrogen) atoms. The van der Waals surface area contributed by atoms with E-state index >= 15 is 0 Å². The number of benzene rings is 1. The lowest BCUT2D eigenvalue weighted by Gasteiger charge is -2.38. The van der Waals surface area contributed by atoms with Crippen LogP contribution in [0.4, 0.5) is 0 Å². The van der Waals surface area contributed by atoms with Gasteiger partial charge in [-0.25, -0.2) is 5.01 Å². The van der Waals surface area contributed by atoms with Crippen molar-refractivity contribution in [2.24, 2.45) is 0 Å². The van der Waals surface area contributed by atoms with Crippen molar-refractivity contribution in [2.75, 3.05) is 0 Å². The van der Waals surface area contributed by atoms with Crippen molar-refractivity contribution >= 4 is 5.91 Å². The van der Waals surface area contributed by atoms with Gasteiger partial charge in [0.15, 0.2) is 0 Å². The van der Waals surface area contributed by atoms with Crippen molar-refractivity contribution in [3.05, 3.63) is 34.9 Å². The molecule has 0 spiro atoms. The highest BCUT2D eigenvalue weighted by Crippen LogP contribution is 2.21. The van der Waals surface area contributed by atoms with Crippen LogP contribution >= 0.6 is 0 Å². The molecule has 0 aromatic heterocycles. The van der Waals surface area contributed by atoms with Crippen LogP contribution in [-0.4, -0.2) is 23.0 Å². The first-order valence-corrected chi connectivity index (χ1v) is 7.57. The molecule has 0 aliphatic carbocycles. The molecule has 1 fully saturated rings. The van der Waals surface area contributed by atoms with Gasteiger partial charge in [0, 0.05) is 30.7 Å². The Bertz CT molecular complexity index is 504. The van der Waals surface area contributed by atoms with Crippen LogP contribution in [0.2, 0.25) is 0 Å². The van der Waals surface area contributed by atoms with Crippen LogP contribution in [0.1, 0.15) is 54.6 Å². The van der Waals surface area contributed by atoms with E-state index in [0.717, 1.165) is 31.5 Å². The highest BCUT2D eigenvalue weighted by molar-refractivity contribution is 5.94. The van der Waals surface area contributed by atoms with Gasteiger partial charge in [-0.2, -0.15) is 0 Å². The first-order valence-electron chi connectivity index (χ1n) is 7.57. The molecule has 0 saturated carbocycles. The molecule has 108 valence electrons. The lowest BCUT2D eigenvalue weighted by atomic mass is 10.00. The summed E-state index contributed by atoms with van der Waals surface area (Å²) in [6.45, 7) is 6.15. The Morgan fingerprint density at radius 2 is 1.90 bits per heavy atom. The fraction of sp³-hybridized carbons (Fsp3) is 0.562. The van der Waals surface area contributed by atoms with E-state index in [1.54, 1.807) is 0 Å². The number of fused-ring (bicyclic) bond motifs is 1. The summed E-state index contributed by atoms with van der Waals surface area (Å²) in [7, 11) is 0. The Kier molecular flexibility index (Phi) is 3.76. The van der Waals surface area contributed by atoms with Crippen LogP contribution in [-0.2, 0) is 13.1 Å². The minimum atomic E-state index is 0.0142. The number of amides is 1. The van der Waals surface area contributed by atoms with E-state index in [4.69, 9.17) is 0 Å². The Balaban J connectivity index is 1.72. The second-order valence-electron chi connectivity index (χ2n) is 6.06. The fourth-order valence-electron chi connectivity index (χ4n) is 3.26. The van der Waals surface area contributed by atoms with Gasteiger partial charge in [0.25, 0.3) is 5.91 Å². The monoisotopic (exact) mass is 273 g/mol. The van der Waals surface area contributed by atoms with Gasteiger partial charge in [-0.05, 0) is 49.9 Å². The average Bonchev–Trinajstić information content (AvgIpc) is 2.90. The van der Waals surface area contributed by atoms with Gasteiger partial charge < -0.3 is 5.32 Å². The minimum Gasteiger partial charge on any atom is -0.309 e. The van der Waals surface area contributed by atoms with Crippen molar-refractivity contribution in [3.63, 3.8) is 0 Å². The molecule has 2 atom stereocenters. The van der Waals surface area contributed by atoms with Crippen molar-refractivity contribution in [1.82, 2.24) is 15.8 Å². The van der Waals surface area contributed by atoms with Crippen LogP contribution < -0.4 is 10.7 Å². The third-order valence-electron chi connectivity index (χ3n) is 4.52. The van der Waals surface area contributed by atoms with Gasteiger partial charge in [-0.3, -0.25) is 10.2 Å². The highest BCUT2D eigenvalue weighted by atomic mass is 16.2. The Morgan fingerprint density at radius 3 is 2.65 bits per heavy atom. The van der Waals surface area contributed by atoms with E-state index in [9.17, 15) is 4.79 Å². The standard InChI is InChI=1S/C16H23N3O/c1-11-4-3-5-12(2)19(11)18-16(20)13-6-7-14-9-17-10-15(14)8-13/h6-8,11-12,17H,3-5,9-10H2,1-2H3,(H,18,20). The maximum Gasteiger partial charge on any atom is 0.265 e. The summed E-state index contributed by atoms with van der Waals surface area (Å²) >= 11 is 0. The fourth-order valence-corrected chi connectivity index (χ4v) is 3.26. The second-order valence-corrected chi connectivity index (χ2v) is 6.06. The molecule has 1 aromatic rings. The Labute approximate surface area is 120 Å². The third-order valence-corrected chi connectivity index (χ3v) is 4.52. The maximum absolute atomic E-state index is 12.4. The van der Waals surface area contributed by atoms with E-state index in [0.29, 0.717) is 12.1 Å². The lowest BCUT2D eigenvalue weighted by molar-refractivity contribution is 0.0369. The topological polar surface area (TPSA) is 44.4 Å². The van der Waals surface area contributed by atoms with Gasteiger partial charge in [-0.1, -0.05) is 12.5 Å². The van der Waals surface area contributed by atoms with Gasteiger partial charge in [0.1, 0.15) is 0 Å². The predicted molar refractivity (Wildman–Crippen MR) is 79.1 cm³/mol. The van der Waals surface area contributed by atoms with E-state index in [2.05, 4.69) is 35.7 Å². The molecule has 1 amide bonds. The molecule has 0 radical (unpaired) electrons. The predicted octanol–water partition coefficient (Wildman–Crippen LogP) is 2.20. The molecule has 4 nitrogen and oxygen atoms in total. The summed E-state index contributed by atoms with van der Waals surface area (Å²) in [5.74, 6) is 0.0142. The van der Waals surface area contributed by atoms with Crippen LogP contribution in [0.25, 0.3) is 0 Å². The van der Waals surface area contributed by atoms with Crippen LogP contribution in [0.5, 0.6) is 0 Å². The van der Waals surface area contributed by atoms with Crippen molar-refractivity contribution in [2.45, 2.75) is 58.3 Å². The van der Waals surface area contributed by atoms with E-state index in [-0.39, 0.29) is 5.91 Å². The SMILES string of the molecule is CC1CCCC(C)N1NC(=O)c1ccc2c(c1)CNC2. The number of nitrogens with zero attached hydrogens (tertiary/aromatic N) is 1. The zero-order valence-electron chi connectivity index (χ0n) is 12.3. The number of hydrazine groups is 1. The van der Waals surface area contributed by atoms with Crippen molar-refractivity contribution < 1.29 is 4.79 Å². The molecule has 2 aliphatic heterocycles. The number of piperidine rings is 1. The molecule has 2 aliphatic rings. The van der Waals surface area contributed by atoms with E-state index < -0.39 is 0 Å². The maximum atomic E-state index is 12.4. The summed E-state index contributed by atoms with van der Waals surface area (Å²) < 4.78 is 0. The van der Waals surface area contributed by atoms with Crippen LogP contribution in [0.3, 0.4) is 0 Å². The molecule has 2 heterocycles. The largest absolute Gasteiger partial charge is 0.309 e. The van der Waals surface area contributed by atoms with E-state index in [1.165, 1.54) is 17.5 Å². The summed E-state index contributed by atoms with van der Waals surface area (Å²) in [4.78, 5) is 12.4. The lowest BCUT2D eigenvalue weighted by Crippen LogP contribution is -2.54. The zero-order chi connectivity index (χ0) is 14.1. The molecule has 1 aromatic carbocycles. The molecule has 4 heteroatoms. The highest BCUT2D eigenvalue weighted by Gasteiger charge is 2.26. The molecular formula is C16H23N3O. The third kappa shape index (κ3) is 2.58. The summed E-state index contributed by atoms with van der Waals surface area (Å²) in [5, 5.41) is 5.43.